The highest BCUT2D eigenvalue weighted by Gasteiger charge is 2.29. The molecule has 0 radical (unpaired) electrons. The monoisotopic (exact) mass is 414 g/mol. The second-order valence-electron chi connectivity index (χ2n) is 9.48. The molecule has 0 saturated carbocycles. The predicted molar refractivity (Wildman–Crippen MR) is 118 cm³/mol. The Hall–Kier alpha value is -2.27. The number of hydrogen-bond acceptors (Lipinski definition) is 3. The number of benzene rings is 2. The Bertz CT molecular complexity index is 896. The largest absolute Gasteiger partial charge is 0.478 e. The number of hydrogen-bond donors (Lipinski definition) is 2. The van der Waals surface area contributed by atoms with Crippen molar-refractivity contribution in [1.29, 1.82) is 0 Å². The van der Waals surface area contributed by atoms with Crippen LogP contribution in [0.15, 0.2) is 34.1 Å². The number of carboxylic acid groups (broad SMARTS) is 2. The van der Waals surface area contributed by atoms with Crippen LogP contribution in [-0.4, -0.2) is 22.2 Å². The van der Waals surface area contributed by atoms with Gasteiger partial charge in [0.15, 0.2) is 0 Å². The van der Waals surface area contributed by atoms with Gasteiger partial charge in [0, 0.05) is 9.79 Å². The standard InChI is InChI=1S/C24H30O4S/c1-13-9-11-15(23(3,4)5)17(21(25)26)19(13)29-20-14(2)10-12-16(24(6,7)8)18(20)22(27)28/h9-12H,1-8H3,(H,25,26)(H,27,28). The van der Waals surface area contributed by atoms with Gasteiger partial charge in [-0.3, -0.25) is 0 Å². The molecule has 0 bridgehead atoms. The van der Waals surface area contributed by atoms with Gasteiger partial charge in [-0.15, -0.1) is 0 Å². The lowest BCUT2D eigenvalue weighted by Gasteiger charge is -2.26. The first kappa shape index (κ1) is 23.0. The Balaban J connectivity index is 2.85. The third kappa shape index (κ3) is 4.67. The van der Waals surface area contributed by atoms with Gasteiger partial charge < -0.3 is 10.2 Å². The Labute approximate surface area is 177 Å². The molecule has 2 rings (SSSR count). The van der Waals surface area contributed by atoms with E-state index in [4.69, 9.17) is 0 Å². The first-order valence-electron chi connectivity index (χ1n) is 9.59. The van der Waals surface area contributed by atoms with Crippen molar-refractivity contribution in [3.63, 3.8) is 0 Å². The fourth-order valence-electron chi connectivity index (χ4n) is 3.41. The molecule has 0 aliphatic heterocycles. The molecule has 2 aromatic rings. The highest BCUT2D eigenvalue weighted by molar-refractivity contribution is 7.99. The van der Waals surface area contributed by atoms with E-state index in [0.717, 1.165) is 22.3 Å². The summed E-state index contributed by atoms with van der Waals surface area (Å²) in [6.45, 7) is 15.6. The second-order valence-corrected chi connectivity index (χ2v) is 10.5. The molecule has 29 heavy (non-hydrogen) atoms. The van der Waals surface area contributed by atoms with Crippen molar-refractivity contribution in [3.05, 3.63) is 57.6 Å². The van der Waals surface area contributed by atoms with E-state index in [2.05, 4.69) is 0 Å². The SMILES string of the molecule is Cc1ccc(C(C)(C)C)c(C(=O)O)c1Sc1c(C)ccc(C(C)(C)C)c1C(=O)O. The molecule has 0 aromatic heterocycles. The lowest BCUT2D eigenvalue weighted by Crippen LogP contribution is -2.19. The maximum Gasteiger partial charge on any atom is 0.337 e. The van der Waals surface area contributed by atoms with Gasteiger partial charge in [0.2, 0.25) is 0 Å². The molecule has 0 amide bonds. The van der Waals surface area contributed by atoms with Crippen LogP contribution in [0.4, 0.5) is 0 Å². The van der Waals surface area contributed by atoms with Crippen LogP contribution in [-0.2, 0) is 10.8 Å². The van der Waals surface area contributed by atoms with E-state index >= 15 is 0 Å². The third-order valence-corrected chi connectivity index (χ3v) is 6.42. The molecule has 0 atom stereocenters. The molecular weight excluding hydrogens is 384 g/mol. The van der Waals surface area contributed by atoms with Crippen molar-refractivity contribution in [2.24, 2.45) is 0 Å². The second kappa shape index (κ2) is 7.86. The minimum absolute atomic E-state index is 0.249. The van der Waals surface area contributed by atoms with Crippen molar-refractivity contribution < 1.29 is 19.8 Å². The topological polar surface area (TPSA) is 74.6 Å². The molecule has 0 aliphatic rings. The highest BCUT2D eigenvalue weighted by Crippen LogP contribution is 2.43. The molecule has 2 N–H and O–H groups in total. The maximum absolute atomic E-state index is 12.2. The van der Waals surface area contributed by atoms with E-state index in [1.54, 1.807) is 0 Å². The molecule has 5 heteroatoms. The molecule has 0 aliphatic carbocycles. The zero-order valence-electron chi connectivity index (χ0n) is 18.4. The van der Waals surface area contributed by atoms with Gasteiger partial charge in [-0.1, -0.05) is 77.6 Å². The maximum atomic E-state index is 12.2. The lowest BCUT2D eigenvalue weighted by atomic mass is 9.83. The number of rotatable bonds is 4. The van der Waals surface area contributed by atoms with Crippen LogP contribution < -0.4 is 0 Å². The average molecular weight is 415 g/mol. The zero-order valence-corrected chi connectivity index (χ0v) is 19.2. The van der Waals surface area contributed by atoms with E-state index in [1.165, 1.54) is 11.8 Å². The van der Waals surface area contributed by atoms with Gasteiger partial charge in [-0.25, -0.2) is 9.59 Å². The van der Waals surface area contributed by atoms with Crippen molar-refractivity contribution in [2.75, 3.05) is 0 Å². The van der Waals surface area contributed by atoms with Crippen molar-refractivity contribution in [1.82, 2.24) is 0 Å². The van der Waals surface area contributed by atoms with Crippen molar-refractivity contribution >= 4 is 23.7 Å². The minimum atomic E-state index is -0.998. The van der Waals surface area contributed by atoms with Crippen LogP contribution >= 0.6 is 11.8 Å². The Kier molecular flexibility index (Phi) is 6.24. The number of carbonyl (C=O) groups is 2. The van der Waals surface area contributed by atoms with Crippen LogP contribution in [0.2, 0.25) is 0 Å². The molecule has 0 heterocycles. The van der Waals surface area contributed by atoms with Gasteiger partial charge in [-0.05, 0) is 46.9 Å². The van der Waals surface area contributed by atoms with E-state index < -0.39 is 11.9 Å². The van der Waals surface area contributed by atoms with Crippen LogP contribution in [0, 0.1) is 13.8 Å². The van der Waals surface area contributed by atoms with E-state index in [0.29, 0.717) is 9.79 Å². The number of aryl methyl sites for hydroxylation is 2. The molecule has 2 aromatic carbocycles. The Morgan fingerprint density at radius 3 is 1.24 bits per heavy atom. The highest BCUT2D eigenvalue weighted by atomic mass is 32.2. The number of carboxylic acids is 2. The fraction of sp³-hybridized carbons (Fsp3) is 0.417. The average Bonchev–Trinajstić information content (AvgIpc) is 2.55. The minimum Gasteiger partial charge on any atom is -0.478 e. The molecule has 0 spiro atoms. The number of aromatic carboxylic acids is 2. The summed E-state index contributed by atoms with van der Waals surface area (Å²) in [5.41, 5.74) is 2.90. The van der Waals surface area contributed by atoms with Gasteiger partial charge in [0.1, 0.15) is 0 Å². The van der Waals surface area contributed by atoms with E-state index in [-0.39, 0.29) is 22.0 Å². The lowest BCUT2D eigenvalue weighted by molar-refractivity contribution is 0.0680. The molecule has 4 nitrogen and oxygen atoms in total. The van der Waals surface area contributed by atoms with Crippen LogP contribution in [0.25, 0.3) is 0 Å². The summed E-state index contributed by atoms with van der Waals surface area (Å²) in [4.78, 5) is 25.7. The quantitative estimate of drug-likeness (QED) is 0.601. The summed E-state index contributed by atoms with van der Waals surface area (Å²) in [5.74, 6) is -2.00. The summed E-state index contributed by atoms with van der Waals surface area (Å²) >= 11 is 1.25. The summed E-state index contributed by atoms with van der Waals surface area (Å²) in [6, 6.07) is 7.55. The Morgan fingerprint density at radius 1 is 0.690 bits per heavy atom. The molecule has 0 fully saturated rings. The fourth-order valence-corrected chi connectivity index (χ4v) is 4.67. The van der Waals surface area contributed by atoms with E-state index in [9.17, 15) is 19.8 Å². The van der Waals surface area contributed by atoms with Gasteiger partial charge in [0.25, 0.3) is 0 Å². The van der Waals surface area contributed by atoms with Crippen LogP contribution in [0.5, 0.6) is 0 Å². The molecular formula is C24H30O4S. The molecule has 156 valence electrons. The van der Waals surface area contributed by atoms with Gasteiger partial charge >= 0.3 is 11.9 Å². The summed E-state index contributed by atoms with van der Waals surface area (Å²) in [5, 5.41) is 20.0. The van der Waals surface area contributed by atoms with Gasteiger partial charge in [0.05, 0.1) is 11.1 Å². The Morgan fingerprint density at radius 2 is 1.00 bits per heavy atom. The molecule has 0 unspecified atom stereocenters. The molecule has 0 saturated heterocycles. The first-order valence-corrected chi connectivity index (χ1v) is 10.4. The van der Waals surface area contributed by atoms with Crippen LogP contribution in [0.1, 0.15) is 84.5 Å². The first-order chi connectivity index (χ1) is 13.2. The van der Waals surface area contributed by atoms with Gasteiger partial charge in [-0.2, -0.15) is 0 Å². The van der Waals surface area contributed by atoms with Crippen LogP contribution in [0.3, 0.4) is 0 Å². The normalized spacial score (nSPS) is 12.1. The predicted octanol–water partition coefficient (Wildman–Crippen LogP) is 6.45. The summed E-state index contributed by atoms with van der Waals surface area (Å²) in [7, 11) is 0. The van der Waals surface area contributed by atoms with Crippen molar-refractivity contribution in [2.45, 2.75) is 76.0 Å². The van der Waals surface area contributed by atoms with E-state index in [1.807, 2.05) is 79.7 Å². The summed E-state index contributed by atoms with van der Waals surface area (Å²) in [6.07, 6.45) is 0. The summed E-state index contributed by atoms with van der Waals surface area (Å²) < 4.78 is 0. The third-order valence-electron chi connectivity index (χ3n) is 4.96. The zero-order chi connectivity index (χ0) is 22.3. The smallest absolute Gasteiger partial charge is 0.337 e. The van der Waals surface area contributed by atoms with Crippen molar-refractivity contribution in [3.8, 4) is 0 Å².